The van der Waals surface area contributed by atoms with Gasteiger partial charge in [-0.05, 0) is 54.3 Å². The lowest BCUT2D eigenvalue weighted by molar-refractivity contribution is -0.387. The van der Waals surface area contributed by atoms with Crippen molar-refractivity contribution in [3.8, 4) is 0 Å². The molecule has 0 aliphatic rings. The Morgan fingerprint density at radius 1 is 0.971 bits per heavy atom. The number of para-hydroxylation sites is 1. The second-order valence-electron chi connectivity index (χ2n) is 7.26. The summed E-state index contributed by atoms with van der Waals surface area (Å²) < 4.78 is 70.0. The van der Waals surface area contributed by atoms with Gasteiger partial charge in [0.15, 0.2) is 4.90 Å². The van der Waals surface area contributed by atoms with Crippen LogP contribution < -0.4 is 4.72 Å². The molecule has 3 rings (SSSR count). The van der Waals surface area contributed by atoms with Crippen LogP contribution in [0.2, 0.25) is 0 Å². The predicted molar refractivity (Wildman–Crippen MR) is 128 cm³/mol. The molecule has 1 atom stereocenters. The molecule has 1 unspecified atom stereocenters. The largest absolute Gasteiger partial charge is 0.416 e. The Balaban J connectivity index is 2.02. The first-order valence-corrected chi connectivity index (χ1v) is 12.8. The lowest BCUT2D eigenvalue weighted by atomic mass is 9.98. The fraction of sp³-hybridized carbons (Fsp3) is 0.182. The highest BCUT2D eigenvalue weighted by atomic mass is 79.9. The standard InChI is InChI=1S/C22H17Br2F3N2O4S/c23-17-7-4-8-18(24)16(17)11-12-19(14-5-3-6-15(13-14)22(25,26)27)28-34(32,33)21-10-2-1-9-20(21)29(30)31/h1-10,13,19,28H,11-12H2. The van der Waals surface area contributed by atoms with Crippen molar-refractivity contribution in [2.75, 3.05) is 0 Å². The Bertz CT molecular complexity index is 1300. The van der Waals surface area contributed by atoms with E-state index in [1.807, 2.05) is 0 Å². The van der Waals surface area contributed by atoms with Gasteiger partial charge >= 0.3 is 6.18 Å². The maximum absolute atomic E-state index is 13.3. The molecule has 0 heterocycles. The van der Waals surface area contributed by atoms with Gasteiger partial charge < -0.3 is 0 Å². The molecule has 12 heteroatoms. The molecule has 0 aromatic heterocycles. The topological polar surface area (TPSA) is 89.3 Å². The summed E-state index contributed by atoms with van der Waals surface area (Å²) in [5.41, 5.74) is -0.683. The van der Waals surface area contributed by atoms with E-state index in [2.05, 4.69) is 36.6 Å². The van der Waals surface area contributed by atoms with Crippen molar-refractivity contribution in [2.45, 2.75) is 30.0 Å². The van der Waals surface area contributed by atoms with Crippen LogP contribution in [0.4, 0.5) is 18.9 Å². The maximum atomic E-state index is 13.3. The zero-order valence-electron chi connectivity index (χ0n) is 17.2. The zero-order chi connectivity index (χ0) is 25.1. The third kappa shape index (κ3) is 6.23. The van der Waals surface area contributed by atoms with Crippen molar-refractivity contribution < 1.29 is 26.5 Å². The molecule has 180 valence electrons. The quantitative estimate of drug-likeness (QED) is 0.221. The first kappa shape index (κ1) is 26.3. The minimum absolute atomic E-state index is 0.0835. The second kappa shape index (κ2) is 10.5. The van der Waals surface area contributed by atoms with Gasteiger partial charge in [0.1, 0.15) is 0 Å². The van der Waals surface area contributed by atoms with Gasteiger partial charge in [0.25, 0.3) is 5.69 Å². The second-order valence-corrected chi connectivity index (χ2v) is 10.7. The maximum Gasteiger partial charge on any atom is 0.416 e. The first-order valence-electron chi connectivity index (χ1n) is 9.76. The van der Waals surface area contributed by atoms with Crippen LogP contribution in [0.1, 0.15) is 29.2 Å². The number of hydrogen-bond acceptors (Lipinski definition) is 4. The van der Waals surface area contributed by atoms with E-state index in [4.69, 9.17) is 0 Å². The average Bonchev–Trinajstić information content (AvgIpc) is 2.77. The minimum Gasteiger partial charge on any atom is -0.258 e. The highest BCUT2D eigenvalue weighted by Gasteiger charge is 2.32. The van der Waals surface area contributed by atoms with Crippen molar-refractivity contribution in [3.05, 3.63) is 102 Å². The highest BCUT2D eigenvalue weighted by Crippen LogP contribution is 2.34. The summed E-state index contributed by atoms with van der Waals surface area (Å²) >= 11 is 6.84. The van der Waals surface area contributed by atoms with Crippen LogP contribution in [0.5, 0.6) is 0 Å². The normalized spacial score (nSPS) is 13.0. The Morgan fingerprint density at radius 3 is 2.21 bits per heavy atom. The van der Waals surface area contributed by atoms with Crippen LogP contribution in [-0.2, 0) is 22.6 Å². The van der Waals surface area contributed by atoms with Gasteiger partial charge in [0, 0.05) is 21.1 Å². The molecule has 0 spiro atoms. The molecule has 6 nitrogen and oxygen atoms in total. The molecule has 34 heavy (non-hydrogen) atoms. The summed E-state index contributed by atoms with van der Waals surface area (Å²) in [4.78, 5) is 9.95. The molecule has 3 aromatic rings. The third-order valence-electron chi connectivity index (χ3n) is 5.01. The molecule has 1 N–H and O–H groups in total. The van der Waals surface area contributed by atoms with E-state index in [1.165, 1.54) is 24.3 Å². The number of hydrogen-bond donors (Lipinski definition) is 1. The smallest absolute Gasteiger partial charge is 0.258 e. The molecular weight excluding hydrogens is 605 g/mol. The summed E-state index contributed by atoms with van der Waals surface area (Å²) in [6.07, 6.45) is -4.24. The summed E-state index contributed by atoms with van der Waals surface area (Å²) in [5.74, 6) is 0. The number of alkyl halides is 3. The van der Waals surface area contributed by atoms with E-state index in [1.54, 1.807) is 18.2 Å². The molecule has 3 aromatic carbocycles. The minimum atomic E-state index is -4.62. The fourth-order valence-electron chi connectivity index (χ4n) is 3.37. The Kier molecular flexibility index (Phi) is 8.17. The SMILES string of the molecule is O=[N+]([O-])c1ccccc1S(=O)(=O)NC(CCc1c(Br)cccc1Br)c1cccc(C(F)(F)F)c1. The zero-order valence-corrected chi connectivity index (χ0v) is 21.2. The van der Waals surface area contributed by atoms with Gasteiger partial charge in [-0.2, -0.15) is 13.2 Å². The summed E-state index contributed by atoms with van der Waals surface area (Å²) in [5, 5.41) is 11.3. The number of benzene rings is 3. The number of nitro groups is 1. The number of halogens is 5. The van der Waals surface area contributed by atoms with E-state index < -0.39 is 43.3 Å². The monoisotopic (exact) mass is 620 g/mol. The van der Waals surface area contributed by atoms with E-state index in [9.17, 15) is 31.7 Å². The van der Waals surface area contributed by atoms with E-state index in [0.717, 1.165) is 38.8 Å². The molecule has 0 aliphatic heterocycles. The van der Waals surface area contributed by atoms with Crippen LogP contribution in [0.3, 0.4) is 0 Å². The van der Waals surface area contributed by atoms with Gasteiger partial charge in [0.05, 0.1) is 10.5 Å². The number of sulfonamides is 1. The molecular formula is C22H17Br2F3N2O4S. The number of rotatable bonds is 8. The fourth-order valence-corrected chi connectivity index (χ4v) is 6.20. The summed E-state index contributed by atoms with van der Waals surface area (Å²) in [6.45, 7) is 0. The molecule has 0 amide bonds. The van der Waals surface area contributed by atoms with E-state index >= 15 is 0 Å². The van der Waals surface area contributed by atoms with Crippen LogP contribution in [0.15, 0.2) is 80.6 Å². The van der Waals surface area contributed by atoms with Crippen molar-refractivity contribution >= 4 is 47.6 Å². The summed E-state index contributed by atoms with van der Waals surface area (Å²) in [7, 11) is -4.45. The van der Waals surface area contributed by atoms with Gasteiger partial charge in [-0.3, -0.25) is 10.1 Å². The number of nitro benzene ring substituents is 1. The van der Waals surface area contributed by atoms with Gasteiger partial charge in [-0.25, -0.2) is 13.1 Å². The van der Waals surface area contributed by atoms with Gasteiger partial charge in [-0.15, -0.1) is 0 Å². The molecule has 0 saturated heterocycles. The van der Waals surface area contributed by atoms with Crippen molar-refractivity contribution in [1.29, 1.82) is 0 Å². The Morgan fingerprint density at radius 2 is 1.59 bits per heavy atom. The Labute approximate surface area is 210 Å². The van der Waals surface area contributed by atoms with E-state index in [0.29, 0.717) is 6.42 Å². The highest BCUT2D eigenvalue weighted by molar-refractivity contribution is 9.11. The van der Waals surface area contributed by atoms with Crippen LogP contribution in [0.25, 0.3) is 0 Å². The van der Waals surface area contributed by atoms with Gasteiger partial charge in [0.2, 0.25) is 10.0 Å². The summed E-state index contributed by atoms with van der Waals surface area (Å²) in [6, 6.07) is 13.4. The third-order valence-corrected chi connectivity index (χ3v) is 8.01. The van der Waals surface area contributed by atoms with Crippen LogP contribution in [0, 0.1) is 10.1 Å². The molecule has 0 radical (unpaired) electrons. The molecule has 0 saturated carbocycles. The van der Waals surface area contributed by atoms with Gasteiger partial charge in [-0.1, -0.05) is 62.2 Å². The lowest BCUT2D eigenvalue weighted by Gasteiger charge is -2.21. The van der Waals surface area contributed by atoms with E-state index in [-0.39, 0.29) is 12.0 Å². The van der Waals surface area contributed by atoms with Crippen molar-refractivity contribution in [2.24, 2.45) is 0 Å². The number of nitrogens with one attached hydrogen (secondary N) is 1. The van der Waals surface area contributed by atoms with Crippen molar-refractivity contribution in [3.63, 3.8) is 0 Å². The predicted octanol–water partition coefficient (Wildman–Crippen LogP) is 6.79. The molecule has 0 bridgehead atoms. The van der Waals surface area contributed by atoms with Crippen molar-refractivity contribution in [1.82, 2.24) is 4.72 Å². The van der Waals surface area contributed by atoms with Crippen LogP contribution >= 0.6 is 31.9 Å². The lowest BCUT2D eigenvalue weighted by Crippen LogP contribution is -2.30. The molecule has 0 aliphatic carbocycles. The Hall–Kier alpha value is -2.28. The molecule has 0 fully saturated rings. The number of nitrogens with zero attached hydrogens (tertiary/aromatic N) is 1. The average molecular weight is 622 g/mol. The van der Waals surface area contributed by atoms with Crippen LogP contribution in [-0.4, -0.2) is 13.3 Å². The first-order chi connectivity index (χ1) is 15.9.